The van der Waals surface area contributed by atoms with Crippen LogP contribution in [0.2, 0.25) is 10.2 Å². The molecule has 0 saturated heterocycles. The van der Waals surface area contributed by atoms with Gasteiger partial charge < -0.3 is 20.1 Å². The van der Waals surface area contributed by atoms with Crippen molar-refractivity contribution in [2.75, 3.05) is 13.6 Å². The number of halogens is 3. The molecular weight excluding hydrogens is 524 g/mol. The SMILES string of the molecule is CN=C(NCCCC(=O)N1Cc2ccccc2C1)NCc1cc(Cl)c(Cl)n1C.I. The van der Waals surface area contributed by atoms with E-state index in [9.17, 15) is 4.79 Å². The summed E-state index contributed by atoms with van der Waals surface area (Å²) in [6.07, 6.45) is 1.26. The fourth-order valence-corrected chi connectivity index (χ4v) is 3.68. The van der Waals surface area contributed by atoms with Gasteiger partial charge in [0.05, 0.1) is 11.6 Å². The second kappa shape index (κ2) is 11.1. The molecule has 1 aromatic carbocycles. The molecule has 1 amide bonds. The first-order valence-corrected chi connectivity index (χ1v) is 10.0. The van der Waals surface area contributed by atoms with Gasteiger partial charge in [0, 0.05) is 45.8 Å². The number of carbonyl (C=O) groups is 1. The third-order valence-corrected chi connectivity index (χ3v) is 5.77. The molecule has 0 bridgehead atoms. The average Bonchev–Trinajstić information content (AvgIpc) is 3.24. The minimum absolute atomic E-state index is 0. The third-order valence-electron chi connectivity index (χ3n) is 4.93. The monoisotopic (exact) mass is 549 g/mol. The summed E-state index contributed by atoms with van der Waals surface area (Å²) in [6.45, 7) is 2.65. The van der Waals surface area contributed by atoms with Gasteiger partial charge in [0.1, 0.15) is 5.15 Å². The van der Waals surface area contributed by atoms with Crippen molar-refractivity contribution in [1.82, 2.24) is 20.1 Å². The van der Waals surface area contributed by atoms with Crippen molar-refractivity contribution in [2.24, 2.45) is 12.0 Å². The Hall–Kier alpha value is -1.45. The van der Waals surface area contributed by atoms with Crippen LogP contribution in [0.4, 0.5) is 0 Å². The van der Waals surface area contributed by atoms with Gasteiger partial charge in [0.25, 0.3) is 0 Å². The highest BCUT2D eigenvalue weighted by Gasteiger charge is 2.22. The zero-order valence-electron chi connectivity index (χ0n) is 16.5. The van der Waals surface area contributed by atoms with E-state index in [0.29, 0.717) is 48.7 Å². The highest BCUT2D eigenvalue weighted by molar-refractivity contribution is 14.0. The normalized spacial score (nSPS) is 13.1. The molecule has 0 saturated carbocycles. The highest BCUT2D eigenvalue weighted by atomic mass is 127. The molecule has 0 spiro atoms. The average molecular weight is 550 g/mol. The second-order valence-corrected chi connectivity index (χ2v) is 7.57. The summed E-state index contributed by atoms with van der Waals surface area (Å²) in [6, 6.07) is 10.1. The summed E-state index contributed by atoms with van der Waals surface area (Å²) in [5.41, 5.74) is 3.46. The van der Waals surface area contributed by atoms with Crippen molar-refractivity contribution in [1.29, 1.82) is 0 Å². The number of guanidine groups is 1. The van der Waals surface area contributed by atoms with E-state index in [1.807, 2.05) is 34.7 Å². The predicted molar refractivity (Wildman–Crippen MR) is 129 cm³/mol. The van der Waals surface area contributed by atoms with Crippen LogP contribution >= 0.6 is 47.2 Å². The lowest BCUT2D eigenvalue weighted by molar-refractivity contribution is -0.131. The van der Waals surface area contributed by atoms with Crippen LogP contribution in [0.5, 0.6) is 0 Å². The Labute approximate surface area is 198 Å². The van der Waals surface area contributed by atoms with Gasteiger partial charge in [0.15, 0.2) is 5.96 Å². The van der Waals surface area contributed by atoms with Crippen molar-refractivity contribution in [3.05, 3.63) is 57.3 Å². The summed E-state index contributed by atoms with van der Waals surface area (Å²) in [5, 5.41) is 7.52. The predicted octanol–water partition coefficient (Wildman–Crippen LogP) is 3.94. The molecule has 2 N–H and O–H groups in total. The molecule has 0 fully saturated rings. The fraction of sp³-hybridized carbons (Fsp3) is 0.400. The van der Waals surface area contributed by atoms with E-state index >= 15 is 0 Å². The lowest BCUT2D eigenvalue weighted by atomic mass is 10.1. The number of fused-ring (bicyclic) bond motifs is 1. The Morgan fingerprint density at radius 1 is 1.17 bits per heavy atom. The Bertz CT molecular complexity index is 859. The smallest absolute Gasteiger partial charge is 0.223 e. The van der Waals surface area contributed by atoms with Crippen molar-refractivity contribution < 1.29 is 4.79 Å². The molecule has 1 aromatic heterocycles. The Kier molecular flexibility index (Phi) is 9.10. The molecular formula is C20H26Cl2IN5O. The lowest BCUT2D eigenvalue weighted by Crippen LogP contribution is -2.38. The number of aromatic nitrogens is 1. The van der Waals surface area contributed by atoms with Gasteiger partial charge in [-0.1, -0.05) is 47.5 Å². The first-order chi connectivity index (χ1) is 13.5. The zero-order valence-corrected chi connectivity index (χ0v) is 20.4. The molecule has 0 unspecified atom stereocenters. The number of aliphatic imine (C=N–C) groups is 1. The number of hydrogen-bond acceptors (Lipinski definition) is 2. The van der Waals surface area contributed by atoms with Gasteiger partial charge in [-0.25, -0.2) is 0 Å². The van der Waals surface area contributed by atoms with E-state index in [1.165, 1.54) is 11.1 Å². The largest absolute Gasteiger partial charge is 0.356 e. The molecule has 3 rings (SSSR count). The topological polar surface area (TPSA) is 61.7 Å². The molecule has 0 aliphatic carbocycles. The quantitative estimate of drug-likeness (QED) is 0.248. The van der Waals surface area contributed by atoms with Crippen LogP contribution in [0.15, 0.2) is 35.3 Å². The summed E-state index contributed by atoms with van der Waals surface area (Å²) in [4.78, 5) is 18.6. The minimum Gasteiger partial charge on any atom is -0.356 e. The second-order valence-electron chi connectivity index (χ2n) is 6.81. The summed E-state index contributed by atoms with van der Waals surface area (Å²) < 4.78 is 1.83. The van der Waals surface area contributed by atoms with Crippen molar-refractivity contribution in [3.8, 4) is 0 Å². The van der Waals surface area contributed by atoms with Gasteiger partial charge in [-0.2, -0.15) is 0 Å². The van der Waals surface area contributed by atoms with Crippen molar-refractivity contribution in [3.63, 3.8) is 0 Å². The maximum atomic E-state index is 12.4. The molecule has 6 nitrogen and oxygen atoms in total. The van der Waals surface area contributed by atoms with Gasteiger partial charge in [-0.05, 0) is 23.6 Å². The Morgan fingerprint density at radius 2 is 1.83 bits per heavy atom. The van der Waals surface area contributed by atoms with Gasteiger partial charge in [-0.3, -0.25) is 9.79 Å². The summed E-state index contributed by atoms with van der Waals surface area (Å²) in [7, 11) is 3.58. The first-order valence-electron chi connectivity index (χ1n) is 9.28. The molecule has 0 radical (unpaired) electrons. The zero-order chi connectivity index (χ0) is 20.1. The van der Waals surface area contributed by atoms with E-state index in [1.54, 1.807) is 7.05 Å². The molecule has 1 aliphatic heterocycles. The third kappa shape index (κ3) is 6.02. The van der Waals surface area contributed by atoms with Crippen LogP contribution in [-0.4, -0.2) is 34.9 Å². The van der Waals surface area contributed by atoms with Crippen LogP contribution in [0.3, 0.4) is 0 Å². The van der Waals surface area contributed by atoms with Crippen LogP contribution in [0, 0.1) is 0 Å². The number of hydrogen-bond donors (Lipinski definition) is 2. The van der Waals surface area contributed by atoms with Gasteiger partial charge in [-0.15, -0.1) is 24.0 Å². The molecule has 158 valence electrons. The first kappa shape index (κ1) is 23.8. The van der Waals surface area contributed by atoms with E-state index in [4.69, 9.17) is 23.2 Å². The number of benzene rings is 1. The molecule has 29 heavy (non-hydrogen) atoms. The summed E-state index contributed by atoms with van der Waals surface area (Å²) in [5.74, 6) is 0.864. The Morgan fingerprint density at radius 3 is 2.38 bits per heavy atom. The molecule has 2 heterocycles. The van der Waals surface area contributed by atoms with E-state index in [-0.39, 0.29) is 29.9 Å². The molecule has 1 aliphatic rings. The van der Waals surface area contributed by atoms with Crippen LogP contribution in [-0.2, 0) is 31.5 Å². The molecule has 0 atom stereocenters. The van der Waals surface area contributed by atoms with E-state index < -0.39 is 0 Å². The Balaban J connectivity index is 0.00000300. The number of rotatable bonds is 6. The minimum atomic E-state index is 0. The van der Waals surface area contributed by atoms with Crippen LogP contribution < -0.4 is 10.6 Å². The lowest BCUT2D eigenvalue weighted by Gasteiger charge is -2.16. The standard InChI is InChI=1S/C20H25Cl2N5O.HI/c1-23-20(25-11-16-10-17(21)19(22)26(16)2)24-9-5-8-18(28)27-12-14-6-3-4-7-15(14)13-27;/h3-4,6-7,10H,5,8-9,11-13H2,1-2H3,(H2,23,24,25);1H. The fourth-order valence-electron chi connectivity index (χ4n) is 3.27. The van der Waals surface area contributed by atoms with E-state index in [0.717, 1.165) is 12.1 Å². The van der Waals surface area contributed by atoms with Crippen LogP contribution in [0.1, 0.15) is 29.7 Å². The highest BCUT2D eigenvalue weighted by Crippen LogP contribution is 2.25. The number of carbonyl (C=O) groups excluding carboxylic acids is 1. The summed E-state index contributed by atoms with van der Waals surface area (Å²) >= 11 is 12.1. The van der Waals surface area contributed by atoms with E-state index in [2.05, 4.69) is 27.8 Å². The van der Waals surface area contributed by atoms with Gasteiger partial charge >= 0.3 is 0 Å². The number of amides is 1. The van der Waals surface area contributed by atoms with Crippen molar-refractivity contribution in [2.45, 2.75) is 32.5 Å². The number of nitrogens with zero attached hydrogens (tertiary/aromatic N) is 3. The van der Waals surface area contributed by atoms with Crippen LogP contribution in [0.25, 0.3) is 0 Å². The maximum Gasteiger partial charge on any atom is 0.223 e. The molecule has 2 aromatic rings. The van der Waals surface area contributed by atoms with Gasteiger partial charge in [0.2, 0.25) is 5.91 Å². The maximum absolute atomic E-state index is 12.4. The molecule has 9 heteroatoms. The number of nitrogens with one attached hydrogen (secondary N) is 2. The van der Waals surface area contributed by atoms with Crippen molar-refractivity contribution >= 4 is 59.0 Å².